The number of thioether (sulfide) groups is 1. The van der Waals surface area contributed by atoms with E-state index in [9.17, 15) is 14.4 Å². The SMILES string of the molecule is Cc1c(-n2c(SCC(=O)OCC(=O)N3N=C(c4cc5ccccc5o4)CC3c3ccco3)nnc2-c2ccccc2Br)c(=O)n(-c2ccccc2)n1C. The lowest BCUT2D eigenvalue weighted by Gasteiger charge is -2.19. The summed E-state index contributed by atoms with van der Waals surface area (Å²) in [6.07, 6.45) is 1.88. The van der Waals surface area contributed by atoms with Crippen LogP contribution in [0.15, 0.2) is 132 Å². The minimum Gasteiger partial charge on any atom is -0.467 e. The first-order chi connectivity index (χ1) is 25.8. The molecule has 0 bridgehead atoms. The molecule has 3 aromatic carbocycles. The highest BCUT2D eigenvalue weighted by molar-refractivity contribution is 9.10. The average molecular weight is 793 g/mol. The van der Waals surface area contributed by atoms with E-state index >= 15 is 0 Å². The molecular formula is C38H30BrN7O6S. The number of nitrogens with zero attached hydrogens (tertiary/aromatic N) is 7. The number of aromatic nitrogens is 5. The van der Waals surface area contributed by atoms with Gasteiger partial charge in [-0.1, -0.05) is 82.3 Å². The number of para-hydroxylation sites is 2. The summed E-state index contributed by atoms with van der Waals surface area (Å²) in [6, 6.07) is 29.2. The van der Waals surface area contributed by atoms with Gasteiger partial charge in [0.2, 0.25) is 0 Å². The van der Waals surface area contributed by atoms with Crippen LogP contribution in [0, 0.1) is 6.92 Å². The number of rotatable bonds is 10. The van der Waals surface area contributed by atoms with Crippen LogP contribution in [-0.4, -0.2) is 59.1 Å². The average Bonchev–Trinajstić information content (AvgIpc) is 4.01. The van der Waals surface area contributed by atoms with Crippen LogP contribution in [0.3, 0.4) is 0 Å². The van der Waals surface area contributed by atoms with E-state index in [1.807, 2.05) is 91.9 Å². The van der Waals surface area contributed by atoms with Crippen LogP contribution in [-0.2, 0) is 21.4 Å². The topological polar surface area (TPSA) is 143 Å². The molecule has 1 unspecified atom stereocenters. The summed E-state index contributed by atoms with van der Waals surface area (Å²) in [5.74, 6) is 0.0821. The third-order valence-electron chi connectivity index (χ3n) is 8.92. The number of esters is 1. The van der Waals surface area contributed by atoms with Gasteiger partial charge < -0.3 is 13.6 Å². The van der Waals surface area contributed by atoms with Gasteiger partial charge in [0, 0.05) is 28.9 Å². The van der Waals surface area contributed by atoms with E-state index in [0.717, 1.165) is 21.6 Å². The molecule has 5 heterocycles. The van der Waals surface area contributed by atoms with Crippen LogP contribution >= 0.6 is 27.7 Å². The number of hydrogen-bond acceptors (Lipinski definition) is 10. The smallest absolute Gasteiger partial charge is 0.316 e. The molecule has 4 aromatic heterocycles. The fraction of sp³-hybridized carbons (Fsp3) is 0.158. The maximum absolute atomic E-state index is 14.1. The van der Waals surface area contributed by atoms with E-state index in [0.29, 0.717) is 62.8 Å². The van der Waals surface area contributed by atoms with Crippen molar-refractivity contribution in [3.63, 3.8) is 0 Å². The molecule has 0 fully saturated rings. The van der Waals surface area contributed by atoms with E-state index < -0.39 is 24.5 Å². The molecule has 7 aromatic rings. The molecule has 1 atom stereocenters. The zero-order valence-corrected chi connectivity index (χ0v) is 30.8. The van der Waals surface area contributed by atoms with E-state index in [1.165, 1.54) is 11.3 Å². The fourth-order valence-electron chi connectivity index (χ4n) is 6.28. The number of amides is 1. The molecule has 1 aliphatic rings. The highest BCUT2D eigenvalue weighted by atomic mass is 79.9. The Morgan fingerprint density at radius 3 is 2.53 bits per heavy atom. The number of carbonyl (C=O) groups is 2. The van der Waals surface area contributed by atoms with Crippen molar-refractivity contribution >= 4 is 56.2 Å². The molecule has 13 nitrogen and oxygen atoms in total. The molecule has 1 amide bonds. The van der Waals surface area contributed by atoms with Gasteiger partial charge in [0.15, 0.2) is 23.3 Å². The van der Waals surface area contributed by atoms with Crippen molar-refractivity contribution in [2.75, 3.05) is 12.4 Å². The number of furan rings is 2. The zero-order valence-electron chi connectivity index (χ0n) is 28.4. The first kappa shape index (κ1) is 34.2. The van der Waals surface area contributed by atoms with Gasteiger partial charge in [0.05, 0.1) is 23.4 Å². The van der Waals surface area contributed by atoms with Crippen LogP contribution in [0.25, 0.3) is 33.7 Å². The van der Waals surface area contributed by atoms with Crippen molar-refractivity contribution in [1.29, 1.82) is 0 Å². The maximum atomic E-state index is 14.1. The Bertz CT molecular complexity index is 2540. The lowest BCUT2D eigenvalue weighted by atomic mass is 10.1. The van der Waals surface area contributed by atoms with Gasteiger partial charge in [0.25, 0.3) is 11.5 Å². The molecule has 0 radical (unpaired) electrons. The second kappa shape index (κ2) is 14.2. The third-order valence-corrected chi connectivity index (χ3v) is 10.5. The van der Waals surface area contributed by atoms with Crippen LogP contribution in [0.5, 0.6) is 0 Å². The number of hydrazone groups is 1. The summed E-state index contributed by atoms with van der Waals surface area (Å²) in [7, 11) is 1.80. The molecule has 0 saturated heterocycles. The Hall–Kier alpha value is -5.93. The molecule has 1 aliphatic heterocycles. The van der Waals surface area contributed by atoms with Crippen LogP contribution in [0.2, 0.25) is 0 Å². The summed E-state index contributed by atoms with van der Waals surface area (Å²) >= 11 is 4.65. The van der Waals surface area contributed by atoms with Gasteiger partial charge in [-0.3, -0.25) is 23.6 Å². The van der Waals surface area contributed by atoms with E-state index in [1.54, 1.807) is 33.1 Å². The van der Waals surface area contributed by atoms with Crippen LogP contribution < -0.4 is 5.56 Å². The Balaban J connectivity index is 1.03. The summed E-state index contributed by atoms with van der Waals surface area (Å²) in [5, 5.41) is 15.9. The molecule has 266 valence electrons. The van der Waals surface area contributed by atoms with Gasteiger partial charge in [-0.05, 0) is 49.4 Å². The Labute approximate surface area is 314 Å². The minimum atomic E-state index is -0.665. The molecule has 0 N–H and O–H groups in total. The Morgan fingerprint density at radius 2 is 1.75 bits per heavy atom. The number of halogens is 1. The van der Waals surface area contributed by atoms with Crippen LogP contribution in [0.1, 0.15) is 29.7 Å². The molecular weight excluding hydrogens is 762 g/mol. The van der Waals surface area contributed by atoms with Gasteiger partial charge in [-0.15, -0.1) is 10.2 Å². The van der Waals surface area contributed by atoms with Crippen LogP contribution in [0.4, 0.5) is 0 Å². The molecule has 8 rings (SSSR count). The normalized spacial score (nSPS) is 14.2. The Kier molecular flexibility index (Phi) is 9.18. The monoisotopic (exact) mass is 791 g/mol. The third kappa shape index (κ3) is 6.42. The largest absolute Gasteiger partial charge is 0.467 e. The summed E-state index contributed by atoms with van der Waals surface area (Å²) < 4.78 is 22.9. The maximum Gasteiger partial charge on any atom is 0.316 e. The lowest BCUT2D eigenvalue weighted by molar-refractivity contribution is -0.150. The van der Waals surface area contributed by atoms with Gasteiger partial charge in [-0.2, -0.15) is 5.10 Å². The predicted molar refractivity (Wildman–Crippen MR) is 201 cm³/mol. The molecule has 0 aliphatic carbocycles. The second-order valence-corrected chi connectivity index (χ2v) is 13.9. The summed E-state index contributed by atoms with van der Waals surface area (Å²) in [6.45, 7) is 1.28. The number of carbonyl (C=O) groups excluding carboxylic acids is 2. The Morgan fingerprint density at radius 1 is 0.981 bits per heavy atom. The predicted octanol–water partition coefficient (Wildman–Crippen LogP) is 6.85. The zero-order chi connectivity index (χ0) is 36.6. The second-order valence-electron chi connectivity index (χ2n) is 12.1. The van der Waals surface area contributed by atoms with Crippen molar-refractivity contribution in [2.24, 2.45) is 12.1 Å². The van der Waals surface area contributed by atoms with Crippen molar-refractivity contribution < 1.29 is 23.2 Å². The van der Waals surface area contributed by atoms with Crippen molar-refractivity contribution in [3.8, 4) is 22.8 Å². The standard InChI is InChI=1S/C38H30BrN7O6S/c1-23-35(37(49)46(43(23)2)25-12-4-3-5-13-25)44-36(26-14-7-8-15-27(26)39)40-41-38(44)53-22-34(48)51-21-33(47)45-29(31-17-10-18-50-31)20-28(42-45)32-19-24-11-6-9-16-30(24)52-32/h3-19,29H,20-22H2,1-2H3. The highest BCUT2D eigenvalue weighted by Crippen LogP contribution is 2.35. The molecule has 0 spiro atoms. The van der Waals surface area contributed by atoms with E-state index in [-0.39, 0.29) is 11.3 Å². The van der Waals surface area contributed by atoms with Gasteiger partial charge >= 0.3 is 5.97 Å². The summed E-state index contributed by atoms with van der Waals surface area (Å²) in [5.41, 5.74) is 3.36. The van der Waals surface area contributed by atoms with Crippen molar-refractivity contribution in [3.05, 3.63) is 135 Å². The lowest BCUT2D eigenvalue weighted by Crippen LogP contribution is -2.31. The molecule has 53 heavy (non-hydrogen) atoms. The highest BCUT2D eigenvalue weighted by Gasteiger charge is 2.36. The van der Waals surface area contributed by atoms with Crippen molar-refractivity contribution in [1.82, 2.24) is 29.1 Å². The first-order valence-electron chi connectivity index (χ1n) is 16.5. The quantitative estimate of drug-likeness (QED) is 0.107. The summed E-state index contributed by atoms with van der Waals surface area (Å²) in [4.78, 5) is 40.8. The first-order valence-corrected chi connectivity index (χ1v) is 18.3. The van der Waals surface area contributed by atoms with Crippen molar-refractivity contribution in [2.45, 2.75) is 24.5 Å². The minimum absolute atomic E-state index is 0.213. The number of benzene rings is 3. The number of ether oxygens (including phenoxy) is 1. The van der Waals surface area contributed by atoms with E-state index in [4.69, 9.17) is 13.6 Å². The van der Waals surface area contributed by atoms with E-state index in [2.05, 4.69) is 31.2 Å². The molecule has 15 heteroatoms. The van der Waals surface area contributed by atoms with Gasteiger partial charge in [0.1, 0.15) is 28.8 Å². The number of hydrogen-bond donors (Lipinski definition) is 0. The molecule has 0 saturated carbocycles. The van der Waals surface area contributed by atoms with Gasteiger partial charge in [-0.25, -0.2) is 9.69 Å². The fourth-order valence-corrected chi connectivity index (χ4v) is 7.48. The number of fused-ring (bicyclic) bond motifs is 1.